The fourth-order valence-electron chi connectivity index (χ4n) is 2.30. The topological polar surface area (TPSA) is 23.6 Å². The van der Waals surface area contributed by atoms with E-state index >= 15 is 0 Å². The maximum Gasteiger partial charge on any atom is 0.236 e. The van der Waals surface area contributed by atoms with Crippen LogP contribution in [0.1, 0.15) is 19.4 Å². The molecule has 0 spiro atoms. The lowest BCUT2D eigenvalue weighted by atomic mass is 9.99. The first-order valence-corrected chi connectivity index (χ1v) is 6.02. The zero-order valence-electron chi connectivity index (χ0n) is 10.8. The van der Waals surface area contributed by atoms with Gasteiger partial charge < -0.3 is 4.90 Å². The van der Waals surface area contributed by atoms with Gasteiger partial charge in [0.2, 0.25) is 5.91 Å². The highest BCUT2D eigenvalue weighted by molar-refractivity contribution is 5.79. The van der Waals surface area contributed by atoms with Crippen LogP contribution in [0.3, 0.4) is 0 Å². The van der Waals surface area contributed by atoms with Crippen LogP contribution in [0.5, 0.6) is 0 Å². The number of benzene rings is 1. The van der Waals surface area contributed by atoms with Crippen LogP contribution < -0.4 is 0 Å². The van der Waals surface area contributed by atoms with Crippen molar-refractivity contribution in [2.24, 2.45) is 0 Å². The highest BCUT2D eigenvalue weighted by Gasteiger charge is 2.35. The van der Waals surface area contributed by atoms with Crippen LogP contribution in [-0.4, -0.2) is 41.4 Å². The lowest BCUT2D eigenvalue weighted by Crippen LogP contribution is -2.60. The molecule has 17 heavy (non-hydrogen) atoms. The molecular formula is C14H20N2O. The fraction of sp³-hybridized carbons (Fsp3) is 0.500. The first-order valence-electron chi connectivity index (χ1n) is 6.02. The molecule has 1 aromatic rings. The van der Waals surface area contributed by atoms with E-state index in [1.165, 1.54) is 5.56 Å². The molecule has 0 saturated carbocycles. The lowest BCUT2D eigenvalue weighted by Gasteiger charge is -2.45. The zero-order chi connectivity index (χ0) is 12.5. The van der Waals surface area contributed by atoms with Crippen molar-refractivity contribution in [1.29, 1.82) is 0 Å². The van der Waals surface area contributed by atoms with Crippen LogP contribution in [-0.2, 0) is 11.3 Å². The Morgan fingerprint density at radius 1 is 1.24 bits per heavy atom. The van der Waals surface area contributed by atoms with Crippen LogP contribution in [0.4, 0.5) is 0 Å². The Kier molecular flexibility index (Phi) is 3.20. The van der Waals surface area contributed by atoms with E-state index in [1.54, 1.807) is 0 Å². The summed E-state index contributed by atoms with van der Waals surface area (Å²) in [7, 11) is 1.89. The molecule has 3 heteroatoms. The van der Waals surface area contributed by atoms with Crippen molar-refractivity contribution in [3.63, 3.8) is 0 Å². The summed E-state index contributed by atoms with van der Waals surface area (Å²) in [5, 5.41) is 0. The Morgan fingerprint density at radius 3 is 2.47 bits per heavy atom. The summed E-state index contributed by atoms with van der Waals surface area (Å²) in [6, 6.07) is 10.3. The average molecular weight is 232 g/mol. The molecular weight excluding hydrogens is 212 g/mol. The largest absolute Gasteiger partial charge is 0.338 e. The molecule has 1 amide bonds. The van der Waals surface area contributed by atoms with Gasteiger partial charge in [0.15, 0.2) is 0 Å². The number of rotatable bonds is 2. The van der Waals surface area contributed by atoms with Gasteiger partial charge in [-0.3, -0.25) is 9.69 Å². The molecule has 0 atom stereocenters. The molecule has 0 radical (unpaired) electrons. The lowest BCUT2D eigenvalue weighted by molar-refractivity contribution is -0.142. The SMILES string of the molecule is CN1C(=O)CN(Cc2ccccc2)CC1(C)C. The summed E-state index contributed by atoms with van der Waals surface area (Å²) < 4.78 is 0. The summed E-state index contributed by atoms with van der Waals surface area (Å²) in [5.74, 6) is 0.206. The summed E-state index contributed by atoms with van der Waals surface area (Å²) in [4.78, 5) is 16.0. The minimum absolute atomic E-state index is 0.0793. The van der Waals surface area contributed by atoms with Gasteiger partial charge in [0, 0.05) is 25.7 Å². The van der Waals surface area contributed by atoms with Crippen LogP contribution in [0.25, 0.3) is 0 Å². The molecule has 0 bridgehead atoms. The second-order valence-corrected chi connectivity index (χ2v) is 5.40. The second kappa shape index (κ2) is 4.49. The van der Waals surface area contributed by atoms with Gasteiger partial charge in [-0.2, -0.15) is 0 Å². The number of likely N-dealkylation sites (N-methyl/N-ethyl adjacent to an activating group) is 1. The van der Waals surface area contributed by atoms with E-state index < -0.39 is 0 Å². The van der Waals surface area contributed by atoms with Crippen LogP contribution in [0.2, 0.25) is 0 Å². The predicted octanol–water partition coefficient (Wildman–Crippen LogP) is 1.74. The molecule has 0 unspecified atom stereocenters. The summed E-state index contributed by atoms with van der Waals surface area (Å²) in [6.45, 7) is 6.52. The maximum absolute atomic E-state index is 11.9. The van der Waals surface area contributed by atoms with Crippen molar-refractivity contribution in [2.45, 2.75) is 25.9 Å². The molecule has 0 aromatic heterocycles. The third-order valence-corrected chi connectivity index (χ3v) is 3.50. The van der Waals surface area contributed by atoms with E-state index in [1.807, 2.05) is 30.1 Å². The molecule has 3 nitrogen and oxygen atoms in total. The predicted molar refractivity (Wildman–Crippen MR) is 68.6 cm³/mol. The molecule has 0 aliphatic carbocycles. The first-order chi connectivity index (χ1) is 7.99. The van der Waals surface area contributed by atoms with Crippen molar-refractivity contribution >= 4 is 5.91 Å². The molecule has 0 N–H and O–H groups in total. The minimum atomic E-state index is -0.0793. The van der Waals surface area contributed by atoms with Gasteiger partial charge in [0.1, 0.15) is 0 Å². The highest BCUT2D eigenvalue weighted by Crippen LogP contribution is 2.21. The van der Waals surface area contributed by atoms with Crippen molar-refractivity contribution in [2.75, 3.05) is 20.1 Å². The molecule has 1 aliphatic heterocycles. The number of hydrogen-bond acceptors (Lipinski definition) is 2. The van der Waals surface area contributed by atoms with E-state index in [9.17, 15) is 4.79 Å². The molecule has 1 aromatic carbocycles. The summed E-state index contributed by atoms with van der Waals surface area (Å²) in [5.41, 5.74) is 1.19. The quantitative estimate of drug-likeness (QED) is 0.775. The number of nitrogens with zero attached hydrogens (tertiary/aromatic N) is 2. The van der Waals surface area contributed by atoms with Gasteiger partial charge in [-0.25, -0.2) is 0 Å². The van der Waals surface area contributed by atoms with E-state index in [4.69, 9.17) is 0 Å². The molecule has 1 saturated heterocycles. The minimum Gasteiger partial charge on any atom is -0.338 e. The van der Waals surface area contributed by atoms with Gasteiger partial charge in [0.05, 0.1) is 6.54 Å². The molecule has 2 rings (SSSR count). The third-order valence-electron chi connectivity index (χ3n) is 3.50. The average Bonchev–Trinajstić information content (AvgIpc) is 2.27. The number of piperazine rings is 1. The van der Waals surface area contributed by atoms with E-state index in [-0.39, 0.29) is 11.4 Å². The monoisotopic (exact) mass is 232 g/mol. The van der Waals surface area contributed by atoms with E-state index in [0.717, 1.165) is 13.1 Å². The van der Waals surface area contributed by atoms with Crippen molar-refractivity contribution in [1.82, 2.24) is 9.80 Å². The standard InChI is InChI=1S/C14H20N2O/c1-14(2)11-16(10-13(17)15(14)3)9-12-7-5-4-6-8-12/h4-8H,9-11H2,1-3H3. The first kappa shape index (κ1) is 12.1. The van der Waals surface area contributed by atoms with Crippen molar-refractivity contribution in [3.05, 3.63) is 35.9 Å². The second-order valence-electron chi connectivity index (χ2n) is 5.40. The Balaban J connectivity index is 2.06. The maximum atomic E-state index is 11.9. The van der Waals surface area contributed by atoms with Crippen LogP contribution in [0.15, 0.2) is 30.3 Å². The Morgan fingerprint density at radius 2 is 1.88 bits per heavy atom. The Hall–Kier alpha value is -1.35. The number of carbonyl (C=O) groups is 1. The van der Waals surface area contributed by atoms with E-state index in [2.05, 4.69) is 30.9 Å². The molecule has 92 valence electrons. The van der Waals surface area contributed by atoms with Crippen molar-refractivity contribution in [3.8, 4) is 0 Å². The van der Waals surface area contributed by atoms with E-state index in [0.29, 0.717) is 6.54 Å². The van der Waals surface area contributed by atoms with Gasteiger partial charge in [0.25, 0.3) is 0 Å². The van der Waals surface area contributed by atoms with Gasteiger partial charge in [-0.1, -0.05) is 30.3 Å². The third kappa shape index (κ3) is 2.67. The smallest absolute Gasteiger partial charge is 0.236 e. The number of hydrogen-bond donors (Lipinski definition) is 0. The zero-order valence-corrected chi connectivity index (χ0v) is 10.8. The van der Waals surface area contributed by atoms with Gasteiger partial charge >= 0.3 is 0 Å². The van der Waals surface area contributed by atoms with Crippen LogP contribution >= 0.6 is 0 Å². The Labute approximate surface area is 103 Å². The number of carbonyl (C=O) groups excluding carboxylic acids is 1. The van der Waals surface area contributed by atoms with Gasteiger partial charge in [-0.15, -0.1) is 0 Å². The van der Waals surface area contributed by atoms with Gasteiger partial charge in [-0.05, 0) is 19.4 Å². The molecule has 1 aliphatic rings. The van der Waals surface area contributed by atoms with Crippen molar-refractivity contribution < 1.29 is 4.79 Å². The summed E-state index contributed by atoms with van der Waals surface area (Å²) >= 11 is 0. The molecule has 1 heterocycles. The molecule has 1 fully saturated rings. The normalized spacial score (nSPS) is 20.6. The summed E-state index contributed by atoms with van der Waals surface area (Å²) in [6.07, 6.45) is 0. The van der Waals surface area contributed by atoms with Crippen LogP contribution in [0, 0.1) is 0 Å². The number of amides is 1. The Bertz CT molecular complexity index is 400. The fourth-order valence-corrected chi connectivity index (χ4v) is 2.30. The highest BCUT2D eigenvalue weighted by atomic mass is 16.2.